The van der Waals surface area contributed by atoms with E-state index in [-0.39, 0.29) is 0 Å². The van der Waals surface area contributed by atoms with Crippen LogP contribution in [0.1, 0.15) is 20.3 Å². The summed E-state index contributed by atoms with van der Waals surface area (Å²) < 4.78 is 3.49. The van der Waals surface area contributed by atoms with E-state index in [9.17, 15) is 0 Å². The first-order valence-electron chi connectivity index (χ1n) is 13.0. The van der Waals surface area contributed by atoms with E-state index in [2.05, 4.69) is 53.7 Å². The van der Waals surface area contributed by atoms with Crippen LogP contribution in [0.25, 0.3) is 0 Å². The number of hydrogen-bond acceptors (Lipinski definition) is 15. The van der Waals surface area contributed by atoms with Crippen molar-refractivity contribution in [3.05, 3.63) is 80.2 Å². The highest BCUT2D eigenvalue weighted by Crippen LogP contribution is 2.24. The van der Waals surface area contributed by atoms with Gasteiger partial charge in [0.2, 0.25) is 0 Å². The molecular formula is C27H36ClN15S2. The normalized spacial score (nSPS) is 9.20. The molecule has 0 aliphatic carbocycles. The van der Waals surface area contributed by atoms with E-state index in [4.69, 9.17) is 40.5 Å². The fourth-order valence-corrected chi connectivity index (χ4v) is 3.53. The number of nitrogens with zero attached hydrogens (tertiary/aromatic N) is 13. The lowest BCUT2D eigenvalue weighted by molar-refractivity contribution is 0.991. The zero-order chi connectivity index (χ0) is 33.6. The minimum Gasteiger partial charge on any atom is -0.395 e. The third-order valence-electron chi connectivity index (χ3n) is 4.52. The summed E-state index contributed by atoms with van der Waals surface area (Å²) >= 11 is 11.6. The second-order valence-corrected chi connectivity index (χ2v) is 10.2. The Balaban J connectivity index is 0.000000294. The van der Waals surface area contributed by atoms with Crippen LogP contribution >= 0.6 is 35.6 Å². The maximum Gasteiger partial charge on any atom is 0.190 e. The van der Waals surface area contributed by atoms with Crippen molar-refractivity contribution in [2.75, 3.05) is 49.5 Å². The summed E-state index contributed by atoms with van der Waals surface area (Å²) in [5.41, 5.74) is 11.8. The molecule has 5 aromatic heterocycles. The predicted molar refractivity (Wildman–Crippen MR) is 184 cm³/mol. The second-order valence-electron chi connectivity index (χ2n) is 8.69. The Morgan fingerprint density at radius 2 is 1.29 bits per heavy atom. The van der Waals surface area contributed by atoms with Crippen molar-refractivity contribution in [2.24, 2.45) is 0 Å². The molecule has 0 saturated carbocycles. The van der Waals surface area contributed by atoms with E-state index in [0.29, 0.717) is 21.6 Å². The number of nitrogen functional groups attached to an aromatic ring is 2. The van der Waals surface area contributed by atoms with Gasteiger partial charge in [-0.25, -0.2) is 39.9 Å². The second kappa shape index (κ2) is 21.7. The number of anilines is 4. The first-order chi connectivity index (χ1) is 21.6. The summed E-state index contributed by atoms with van der Waals surface area (Å²) in [7, 11) is 7.53. The molecular weight excluding hydrogens is 634 g/mol. The molecule has 5 heterocycles. The van der Waals surface area contributed by atoms with Crippen molar-refractivity contribution in [2.45, 2.75) is 25.2 Å². The molecule has 0 atom stereocenters. The molecule has 0 aliphatic rings. The van der Waals surface area contributed by atoms with Gasteiger partial charge in [-0.2, -0.15) is 5.26 Å². The van der Waals surface area contributed by atoms with Gasteiger partial charge in [0, 0.05) is 59.2 Å². The highest BCUT2D eigenvalue weighted by atomic mass is 35.5. The van der Waals surface area contributed by atoms with Crippen molar-refractivity contribution in [3.63, 3.8) is 0 Å². The van der Waals surface area contributed by atoms with Crippen molar-refractivity contribution < 1.29 is 0 Å². The van der Waals surface area contributed by atoms with Gasteiger partial charge in [-0.3, -0.25) is 9.13 Å². The summed E-state index contributed by atoms with van der Waals surface area (Å²) in [5.74, 6) is 1.53. The molecule has 45 heavy (non-hydrogen) atoms. The van der Waals surface area contributed by atoms with Gasteiger partial charge in [-0.1, -0.05) is 31.9 Å². The molecule has 0 aliphatic heterocycles. The molecule has 15 nitrogen and oxygen atoms in total. The Bertz CT molecular complexity index is 1500. The number of thiocyanates is 1. The van der Waals surface area contributed by atoms with Crippen LogP contribution in [0.3, 0.4) is 0 Å². The zero-order valence-electron chi connectivity index (χ0n) is 25.8. The summed E-state index contributed by atoms with van der Waals surface area (Å²) in [4.78, 5) is 35.1. The smallest absolute Gasteiger partial charge is 0.190 e. The van der Waals surface area contributed by atoms with Crippen LogP contribution in [0.5, 0.6) is 0 Å². The standard InChI is InChI=1S/C7H6N4S.C7H8N4S.C6H10N4.C4H4ClN3.C3H8/c12-7(10-3-1-8-5-10)11-4-2-9-6-11;1-11(2)7-6(12-4-8)3-9-5-10-7;1-10(2)6-5(7)3-8-4-9-6;5-4-3(6)1-7-2-8-4;1-3-2/h1-6H;3,5H,1-2H3;3-4H,7H2,1-2H3;1-2H,6H2;3H2,1-2H3. The average Bonchev–Trinajstić information content (AvgIpc) is 3.76. The predicted octanol–water partition coefficient (Wildman–Crippen LogP) is 4.13. The van der Waals surface area contributed by atoms with E-state index in [1.807, 2.05) is 43.4 Å². The number of imidazole rings is 2. The van der Waals surface area contributed by atoms with Crippen molar-refractivity contribution in [3.8, 4) is 5.40 Å². The first-order valence-corrected chi connectivity index (χ1v) is 14.6. The first kappa shape index (κ1) is 38.1. The van der Waals surface area contributed by atoms with E-state index >= 15 is 0 Å². The number of nitrogens with two attached hydrogens (primary N) is 2. The molecule has 0 saturated heterocycles. The van der Waals surface area contributed by atoms with Crippen molar-refractivity contribution >= 4 is 63.7 Å². The van der Waals surface area contributed by atoms with Crippen LogP contribution in [-0.2, 0) is 0 Å². The largest absolute Gasteiger partial charge is 0.395 e. The summed E-state index contributed by atoms with van der Waals surface area (Å²) in [6, 6.07) is 0. The Kier molecular flexibility index (Phi) is 18.4. The molecule has 0 amide bonds. The molecule has 0 aromatic carbocycles. The Morgan fingerprint density at radius 1 is 0.822 bits per heavy atom. The third-order valence-corrected chi connectivity index (χ3v) is 5.86. The third kappa shape index (κ3) is 14.4. The van der Waals surface area contributed by atoms with Crippen LogP contribution in [0.2, 0.25) is 5.15 Å². The highest BCUT2D eigenvalue weighted by Gasteiger charge is 2.05. The molecule has 0 unspecified atom stereocenters. The topological polar surface area (TPSA) is 195 Å². The lowest BCUT2D eigenvalue weighted by atomic mass is 10.5. The Morgan fingerprint density at radius 3 is 1.64 bits per heavy atom. The minimum absolute atomic E-state index is 0.306. The molecule has 5 aromatic rings. The number of thioether (sulfide) groups is 1. The molecule has 0 radical (unpaired) electrons. The Hall–Kier alpha value is -4.92. The van der Waals surface area contributed by atoms with Gasteiger partial charge in [0.25, 0.3) is 0 Å². The number of thiocarbonyl (C=S) groups is 1. The summed E-state index contributed by atoms with van der Waals surface area (Å²) in [5, 5.41) is 11.4. The van der Waals surface area contributed by atoms with Gasteiger partial charge in [0.15, 0.2) is 16.1 Å². The van der Waals surface area contributed by atoms with Crippen molar-refractivity contribution in [1.29, 1.82) is 5.26 Å². The van der Waals surface area contributed by atoms with Gasteiger partial charge < -0.3 is 21.3 Å². The average molecular weight is 670 g/mol. The molecule has 4 N–H and O–H groups in total. The van der Waals surface area contributed by atoms with Crippen LogP contribution in [-0.4, -0.2) is 82.3 Å². The van der Waals surface area contributed by atoms with Gasteiger partial charge in [-0.05, 0) is 24.0 Å². The Labute approximate surface area is 277 Å². The number of halogens is 1. The lowest BCUT2D eigenvalue weighted by Gasteiger charge is -2.12. The number of aromatic nitrogens is 10. The minimum atomic E-state index is 0.306. The monoisotopic (exact) mass is 669 g/mol. The fourth-order valence-electron chi connectivity index (χ4n) is 2.68. The van der Waals surface area contributed by atoms with Gasteiger partial charge in [-0.15, -0.1) is 0 Å². The molecule has 5 rings (SSSR count). The maximum atomic E-state index is 8.46. The number of rotatable bonds is 3. The molecule has 18 heteroatoms. The van der Waals surface area contributed by atoms with Crippen LogP contribution in [0, 0.1) is 10.7 Å². The van der Waals surface area contributed by atoms with E-state index in [1.165, 1.54) is 31.6 Å². The van der Waals surface area contributed by atoms with Crippen LogP contribution < -0.4 is 21.3 Å². The van der Waals surface area contributed by atoms with E-state index < -0.39 is 0 Å². The number of nitriles is 1. The van der Waals surface area contributed by atoms with Gasteiger partial charge in [0.1, 0.15) is 42.9 Å². The highest BCUT2D eigenvalue weighted by molar-refractivity contribution is 8.03. The van der Waals surface area contributed by atoms with E-state index in [0.717, 1.165) is 28.3 Å². The lowest BCUT2D eigenvalue weighted by Crippen LogP contribution is -2.15. The summed E-state index contributed by atoms with van der Waals surface area (Å²) in [6.45, 7) is 4.25. The zero-order valence-corrected chi connectivity index (χ0v) is 28.2. The SMILES string of the molecule is CCC.CN(C)c1ncncc1N.CN(C)c1ncncc1SC#N.Nc1cncnc1Cl.S=C(n1ccnc1)n1ccnc1. The molecule has 238 valence electrons. The quantitative estimate of drug-likeness (QED) is 0.120. The van der Waals surface area contributed by atoms with Gasteiger partial charge >= 0.3 is 0 Å². The van der Waals surface area contributed by atoms with Crippen LogP contribution in [0.4, 0.5) is 23.0 Å². The summed E-state index contributed by atoms with van der Waals surface area (Å²) in [6.07, 6.45) is 20.5. The van der Waals surface area contributed by atoms with Crippen LogP contribution in [0.15, 0.2) is 79.9 Å². The van der Waals surface area contributed by atoms with E-state index in [1.54, 1.807) is 59.0 Å². The molecule has 0 bridgehead atoms. The molecule has 0 fully saturated rings. The fraction of sp³-hybridized carbons (Fsp3) is 0.259. The molecule has 0 spiro atoms. The number of hydrogen-bond donors (Lipinski definition) is 2. The van der Waals surface area contributed by atoms with Crippen molar-refractivity contribution in [1.82, 2.24) is 49.0 Å². The van der Waals surface area contributed by atoms with Gasteiger partial charge in [0.05, 0.1) is 28.7 Å². The maximum absolute atomic E-state index is 8.46.